The van der Waals surface area contributed by atoms with Gasteiger partial charge in [-0.15, -0.1) is 0 Å². The third-order valence-electron chi connectivity index (χ3n) is 5.45. The molecule has 7 heteroatoms. The summed E-state index contributed by atoms with van der Waals surface area (Å²) in [5.74, 6) is -0.220. The van der Waals surface area contributed by atoms with Gasteiger partial charge in [-0.1, -0.05) is 25.1 Å². The van der Waals surface area contributed by atoms with Crippen molar-refractivity contribution in [1.82, 2.24) is 15.0 Å². The molecule has 4 aromatic rings. The fourth-order valence-electron chi connectivity index (χ4n) is 3.57. The molecule has 170 valence electrons. The van der Waals surface area contributed by atoms with E-state index < -0.39 is 0 Å². The Balaban J connectivity index is 1.66. The molecule has 1 N–H and O–H groups in total. The minimum absolute atomic E-state index is 0.221. The van der Waals surface area contributed by atoms with E-state index in [1.165, 1.54) is 17.4 Å². The summed E-state index contributed by atoms with van der Waals surface area (Å²) >= 11 is 0. The second kappa shape index (κ2) is 10.0. The van der Waals surface area contributed by atoms with Crippen LogP contribution in [0.2, 0.25) is 0 Å². The first-order valence-electron chi connectivity index (χ1n) is 11.0. The van der Waals surface area contributed by atoms with E-state index in [0.29, 0.717) is 22.6 Å². The fraction of sp³-hybridized carbons (Fsp3) is 0.148. The van der Waals surface area contributed by atoms with E-state index in [4.69, 9.17) is 0 Å². The summed E-state index contributed by atoms with van der Waals surface area (Å²) < 4.78 is 0. The molecule has 0 atom stereocenters. The highest BCUT2D eigenvalue weighted by atomic mass is 16.2. The van der Waals surface area contributed by atoms with Gasteiger partial charge in [-0.25, -0.2) is 14.9 Å². The molecule has 0 aliphatic carbocycles. The first kappa shape index (κ1) is 22.8. The van der Waals surface area contributed by atoms with Crippen LogP contribution in [-0.2, 0) is 11.2 Å². The van der Waals surface area contributed by atoms with Crippen molar-refractivity contribution in [3.8, 4) is 11.3 Å². The molecular formula is C27H25N5O2. The average Bonchev–Trinajstić information content (AvgIpc) is 2.86. The molecule has 0 spiro atoms. The van der Waals surface area contributed by atoms with Crippen LogP contribution >= 0.6 is 0 Å². The lowest BCUT2D eigenvalue weighted by Crippen LogP contribution is -2.26. The lowest BCUT2D eigenvalue weighted by atomic mass is 10.1. The van der Waals surface area contributed by atoms with Crippen molar-refractivity contribution >= 4 is 29.1 Å². The average molecular weight is 452 g/mol. The number of hydrogen-bond acceptors (Lipinski definition) is 5. The molecule has 0 aliphatic heterocycles. The minimum Gasteiger partial charge on any atom is -0.322 e. The van der Waals surface area contributed by atoms with Gasteiger partial charge < -0.3 is 5.32 Å². The van der Waals surface area contributed by atoms with E-state index >= 15 is 0 Å². The maximum absolute atomic E-state index is 12.8. The van der Waals surface area contributed by atoms with E-state index in [1.807, 2.05) is 55.5 Å². The van der Waals surface area contributed by atoms with Gasteiger partial charge in [0.1, 0.15) is 0 Å². The van der Waals surface area contributed by atoms with Crippen LogP contribution in [0.1, 0.15) is 35.3 Å². The summed E-state index contributed by atoms with van der Waals surface area (Å²) in [6, 6.07) is 18.4. The predicted molar refractivity (Wildman–Crippen MR) is 133 cm³/mol. The van der Waals surface area contributed by atoms with Gasteiger partial charge in [0.25, 0.3) is 5.91 Å². The predicted octanol–water partition coefficient (Wildman–Crippen LogP) is 5.35. The van der Waals surface area contributed by atoms with E-state index in [2.05, 4.69) is 27.2 Å². The van der Waals surface area contributed by atoms with Crippen molar-refractivity contribution in [2.24, 2.45) is 0 Å². The van der Waals surface area contributed by atoms with E-state index in [0.717, 1.165) is 17.5 Å². The highest BCUT2D eigenvalue weighted by Gasteiger charge is 2.20. The molecule has 0 saturated carbocycles. The molecule has 34 heavy (non-hydrogen) atoms. The van der Waals surface area contributed by atoms with Gasteiger partial charge in [0.2, 0.25) is 11.9 Å². The summed E-state index contributed by atoms with van der Waals surface area (Å²) in [5.41, 5.74) is 5.21. The molecule has 4 rings (SSSR count). The Kier molecular flexibility index (Phi) is 6.73. The third-order valence-corrected chi connectivity index (χ3v) is 5.45. The Morgan fingerprint density at radius 3 is 2.47 bits per heavy atom. The molecule has 0 radical (unpaired) electrons. The van der Waals surface area contributed by atoms with Crippen LogP contribution in [0.25, 0.3) is 11.3 Å². The van der Waals surface area contributed by atoms with Crippen LogP contribution in [0, 0.1) is 6.92 Å². The molecule has 2 aromatic heterocycles. The number of pyridine rings is 1. The van der Waals surface area contributed by atoms with Gasteiger partial charge in [-0.2, -0.15) is 0 Å². The summed E-state index contributed by atoms with van der Waals surface area (Å²) in [6.45, 7) is 5.42. The zero-order valence-corrected chi connectivity index (χ0v) is 19.3. The summed E-state index contributed by atoms with van der Waals surface area (Å²) in [5, 5.41) is 2.92. The number of anilines is 3. The molecular weight excluding hydrogens is 426 g/mol. The number of aromatic nitrogens is 3. The monoisotopic (exact) mass is 451 g/mol. The first-order valence-corrected chi connectivity index (χ1v) is 11.0. The van der Waals surface area contributed by atoms with Crippen LogP contribution in [0.15, 0.2) is 79.3 Å². The number of hydrogen-bond donors (Lipinski definition) is 1. The summed E-state index contributed by atoms with van der Waals surface area (Å²) in [6.07, 6.45) is 5.92. The molecule has 0 bridgehead atoms. The topological polar surface area (TPSA) is 88.1 Å². The molecule has 0 unspecified atom stereocenters. The van der Waals surface area contributed by atoms with Gasteiger partial charge in [0.15, 0.2) is 0 Å². The lowest BCUT2D eigenvalue weighted by molar-refractivity contribution is -0.115. The number of carbonyl (C=O) groups excluding carboxylic acids is 2. The quantitative estimate of drug-likeness (QED) is 0.427. The third kappa shape index (κ3) is 4.99. The second-order valence-corrected chi connectivity index (χ2v) is 7.84. The Morgan fingerprint density at radius 1 is 1.00 bits per heavy atom. The van der Waals surface area contributed by atoms with Gasteiger partial charge in [0.05, 0.1) is 11.4 Å². The van der Waals surface area contributed by atoms with E-state index in [9.17, 15) is 9.59 Å². The maximum Gasteiger partial charge on any atom is 0.255 e. The van der Waals surface area contributed by atoms with Crippen LogP contribution in [0.3, 0.4) is 0 Å². The fourth-order valence-corrected chi connectivity index (χ4v) is 3.57. The van der Waals surface area contributed by atoms with Gasteiger partial charge in [-0.3, -0.25) is 14.6 Å². The van der Waals surface area contributed by atoms with E-state index in [-0.39, 0.29) is 17.8 Å². The molecule has 2 heterocycles. The summed E-state index contributed by atoms with van der Waals surface area (Å²) in [4.78, 5) is 40.0. The summed E-state index contributed by atoms with van der Waals surface area (Å²) in [7, 11) is 0. The maximum atomic E-state index is 12.8. The van der Waals surface area contributed by atoms with Crippen LogP contribution in [0.4, 0.5) is 17.3 Å². The SMILES string of the molecule is CCc1ccc(C(=O)Nc2ccc(C)c(N(C(C)=O)c3nccc(-c4cccnc4)n3)c2)cc1. The zero-order valence-electron chi connectivity index (χ0n) is 19.3. The van der Waals surface area contributed by atoms with E-state index in [1.54, 1.807) is 30.7 Å². The van der Waals surface area contributed by atoms with Crippen molar-refractivity contribution in [1.29, 1.82) is 0 Å². The van der Waals surface area contributed by atoms with Crippen LogP contribution < -0.4 is 10.2 Å². The highest BCUT2D eigenvalue weighted by molar-refractivity contribution is 6.05. The molecule has 2 amide bonds. The van der Waals surface area contributed by atoms with Gasteiger partial charge >= 0.3 is 0 Å². The van der Waals surface area contributed by atoms with Gasteiger partial charge in [0, 0.05) is 42.3 Å². The van der Waals surface area contributed by atoms with Crippen molar-refractivity contribution in [2.45, 2.75) is 27.2 Å². The number of amides is 2. The van der Waals surface area contributed by atoms with Crippen molar-refractivity contribution in [2.75, 3.05) is 10.2 Å². The number of aryl methyl sites for hydroxylation is 2. The molecule has 0 saturated heterocycles. The number of benzene rings is 2. The molecule has 2 aromatic carbocycles. The standard InChI is InChI=1S/C27H25N5O2/c1-4-20-8-10-21(11-9-20)26(34)30-23-12-7-18(2)25(16-23)32(19(3)33)27-29-15-13-24(31-27)22-6-5-14-28-17-22/h5-17H,4H2,1-3H3,(H,30,34). The Labute approximate surface area is 198 Å². The smallest absolute Gasteiger partial charge is 0.255 e. The van der Waals surface area contributed by atoms with Crippen molar-refractivity contribution < 1.29 is 9.59 Å². The Morgan fingerprint density at radius 2 is 1.79 bits per heavy atom. The van der Waals surface area contributed by atoms with Crippen LogP contribution in [0.5, 0.6) is 0 Å². The van der Waals surface area contributed by atoms with Crippen molar-refractivity contribution in [3.05, 3.63) is 95.9 Å². The zero-order chi connectivity index (χ0) is 24.1. The largest absolute Gasteiger partial charge is 0.322 e. The normalized spacial score (nSPS) is 10.6. The Hall–Kier alpha value is -4.39. The highest BCUT2D eigenvalue weighted by Crippen LogP contribution is 2.30. The Bertz CT molecular complexity index is 1320. The minimum atomic E-state index is -0.245. The molecule has 0 aliphatic rings. The van der Waals surface area contributed by atoms with Gasteiger partial charge in [-0.05, 0) is 66.9 Å². The number of nitrogens with one attached hydrogen (secondary N) is 1. The number of carbonyl (C=O) groups is 2. The number of rotatable bonds is 6. The molecule has 0 fully saturated rings. The number of nitrogens with zero attached hydrogens (tertiary/aromatic N) is 4. The lowest BCUT2D eigenvalue weighted by Gasteiger charge is -2.22. The second-order valence-electron chi connectivity index (χ2n) is 7.84. The van der Waals surface area contributed by atoms with Crippen molar-refractivity contribution in [3.63, 3.8) is 0 Å². The molecule has 7 nitrogen and oxygen atoms in total. The van der Waals surface area contributed by atoms with Crippen LogP contribution in [-0.4, -0.2) is 26.8 Å². The first-order chi connectivity index (χ1) is 16.5.